The summed E-state index contributed by atoms with van der Waals surface area (Å²) in [4.78, 5) is 11.5. The smallest absolute Gasteiger partial charge is 0.341 e. The van der Waals surface area contributed by atoms with Crippen LogP contribution in [0.1, 0.15) is 33.0 Å². The molecule has 0 amide bonds. The van der Waals surface area contributed by atoms with Gasteiger partial charge in [0.1, 0.15) is 17.1 Å². The number of aryl methyl sites for hydroxylation is 1. The van der Waals surface area contributed by atoms with Crippen molar-refractivity contribution in [2.24, 2.45) is 0 Å². The molecule has 0 aliphatic carbocycles. The summed E-state index contributed by atoms with van der Waals surface area (Å²) in [5.41, 5.74) is 2.57. The van der Waals surface area contributed by atoms with Crippen molar-refractivity contribution in [2.75, 3.05) is 12.4 Å². The van der Waals surface area contributed by atoms with Gasteiger partial charge in [0.25, 0.3) is 0 Å². The lowest BCUT2D eigenvalue weighted by Crippen LogP contribution is -2.02. The van der Waals surface area contributed by atoms with E-state index in [0.717, 1.165) is 5.69 Å². The minimum atomic E-state index is -0.433. The van der Waals surface area contributed by atoms with Crippen molar-refractivity contribution in [2.45, 2.75) is 26.7 Å². The Bertz CT molecular complexity index is 640. The van der Waals surface area contributed by atoms with Gasteiger partial charge in [0, 0.05) is 5.69 Å². The van der Waals surface area contributed by atoms with Gasteiger partial charge in [-0.3, -0.25) is 0 Å². The lowest BCUT2D eigenvalue weighted by molar-refractivity contribution is 0.0599. The fourth-order valence-corrected chi connectivity index (χ4v) is 2.18. The molecule has 0 fully saturated rings. The Morgan fingerprint density at radius 3 is 2.36 bits per heavy atom. The number of anilines is 1. The first-order valence-electron chi connectivity index (χ1n) is 6.83. The number of carbonyl (C=O) groups excluding carboxylic acids is 1. The zero-order valence-corrected chi connectivity index (χ0v) is 12.5. The number of furan rings is 1. The van der Waals surface area contributed by atoms with Gasteiger partial charge in [0.2, 0.25) is 0 Å². The molecule has 0 saturated carbocycles. The van der Waals surface area contributed by atoms with Crippen LogP contribution < -0.4 is 5.32 Å². The van der Waals surface area contributed by atoms with Crippen LogP contribution in [0.25, 0.3) is 0 Å². The summed E-state index contributed by atoms with van der Waals surface area (Å²) in [5.74, 6) is 0.666. The summed E-state index contributed by atoms with van der Waals surface area (Å²) in [7, 11) is 1.32. The Hall–Kier alpha value is -2.31. The largest absolute Gasteiger partial charge is 0.465 e. The molecule has 0 aliphatic heterocycles. The van der Waals surface area contributed by atoms with Crippen LogP contribution in [0.3, 0.4) is 0 Å². The van der Waals surface area contributed by atoms with Crippen LogP contribution in [-0.2, 0) is 24.5 Å². The first-order chi connectivity index (χ1) is 10.6. The van der Waals surface area contributed by atoms with Gasteiger partial charge in [-0.05, 0) is 36.2 Å². The minimum Gasteiger partial charge on any atom is -0.465 e. The molecule has 2 rings (SSSR count). The van der Waals surface area contributed by atoms with Crippen LogP contribution >= 0.6 is 0 Å². The Morgan fingerprint density at radius 2 is 1.82 bits per heavy atom. The third-order valence-electron chi connectivity index (χ3n) is 3.26. The van der Waals surface area contributed by atoms with Gasteiger partial charge in [-0.2, -0.15) is 0 Å². The van der Waals surface area contributed by atoms with Crippen molar-refractivity contribution in [3.8, 4) is 0 Å². The zero-order valence-electron chi connectivity index (χ0n) is 12.5. The minimum absolute atomic E-state index is 0.102. The molecule has 118 valence electrons. The highest BCUT2D eigenvalue weighted by atomic mass is 16.5. The molecule has 0 unspecified atom stereocenters. The SMILES string of the molecule is COC(=O)c1cc(CNc2cc(CO)cc(CO)c2)oc1C. The number of nitrogens with one attached hydrogen (secondary N) is 1. The van der Waals surface area contributed by atoms with Gasteiger partial charge in [0.05, 0.1) is 26.9 Å². The molecule has 0 saturated heterocycles. The fraction of sp³-hybridized carbons (Fsp3) is 0.312. The summed E-state index contributed by atoms with van der Waals surface area (Å²) in [6.07, 6.45) is 0. The number of ether oxygens (including phenoxy) is 1. The Morgan fingerprint density at radius 1 is 1.18 bits per heavy atom. The topological polar surface area (TPSA) is 91.9 Å². The second-order valence-electron chi connectivity index (χ2n) is 4.88. The van der Waals surface area contributed by atoms with Crippen LogP contribution in [0.4, 0.5) is 5.69 Å². The number of aliphatic hydroxyl groups is 2. The predicted octanol–water partition coefficient (Wildman–Crippen LogP) is 1.97. The molecular weight excluding hydrogens is 286 g/mol. The van der Waals surface area contributed by atoms with E-state index in [1.54, 1.807) is 31.2 Å². The van der Waals surface area contributed by atoms with Crippen LogP contribution in [0.15, 0.2) is 28.7 Å². The van der Waals surface area contributed by atoms with Crippen molar-refractivity contribution in [3.63, 3.8) is 0 Å². The van der Waals surface area contributed by atoms with Crippen LogP contribution in [-0.4, -0.2) is 23.3 Å². The fourth-order valence-electron chi connectivity index (χ4n) is 2.18. The zero-order chi connectivity index (χ0) is 16.1. The monoisotopic (exact) mass is 305 g/mol. The normalized spacial score (nSPS) is 10.5. The van der Waals surface area contributed by atoms with E-state index in [2.05, 4.69) is 10.1 Å². The molecule has 0 spiro atoms. The number of benzene rings is 1. The summed E-state index contributed by atoms with van der Waals surface area (Å²) in [6.45, 7) is 1.87. The molecule has 1 aromatic heterocycles. The highest BCUT2D eigenvalue weighted by molar-refractivity contribution is 5.90. The maximum Gasteiger partial charge on any atom is 0.341 e. The van der Waals surface area contributed by atoms with E-state index in [9.17, 15) is 15.0 Å². The molecule has 6 heteroatoms. The van der Waals surface area contributed by atoms with E-state index in [-0.39, 0.29) is 13.2 Å². The molecule has 0 atom stereocenters. The second-order valence-corrected chi connectivity index (χ2v) is 4.88. The Kier molecular flexibility index (Phi) is 5.19. The van der Waals surface area contributed by atoms with E-state index in [1.807, 2.05) is 0 Å². The summed E-state index contributed by atoms with van der Waals surface area (Å²) < 4.78 is 10.2. The van der Waals surface area contributed by atoms with Gasteiger partial charge < -0.3 is 24.7 Å². The second kappa shape index (κ2) is 7.11. The maximum atomic E-state index is 11.5. The van der Waals surface area contributed by atoms with Crippen molar-refractivity contribution >= 4 is 11.7 Å². The number of rotatable bonds is 6. The van der Waals surface area contributed by atoms with Crippen molar-refractivity contribution < 1.29 is 24.2 Å². The summed E-state index contributed by atoms with van der Waals surface area (Å²) >= 11 is 0. The van der Waals surface area contributed by atoms with Crippen molar-refractivity contribution in [1.29, 1.82) is 0 Å². The van der Waals surface area contributed by atoms with E-state index < -0.39 is 5.97 Å². The molecule has 6 nitrogen and oxygen atoms in total. The number of carbonyl (C=O) groups is 1. The highest BCUT2D eigenvalue weighted by Gasteiger charge is 2.15. The number of hydrogen-bond donors (Lipinski definition) is 3. The lowest BCUT2D eigenvalue weighted by Gasteiger charge is -2.08. The number of esters is 1. The molecule has 0 aliphatic rings. The van der Waals surface area contributed by atoms with E-state index in [1.165, 1.54) is 7.11 Å². The van der Waals surface area contributed by atoms with Crippen molar-refractivity contribution in [1.82, 2.24) is 0 Å². The molecule has 22 heavy (non-hydrogen) atoms. The average Bonchev–Trinajstić information content (AvgIpc) is 2.92. The van der Waals surface area contributed by atoms with Crippen LogP contribution in [0, 0.1) is 6.92 Å². The standard InChI is InChI=1S/C16H19NO5/c1-10-15(16(20)21-2)6-14(22-10)7-17-13-4-11(8-18)3-12(5-13)9-19/h3-6,17-19H,7-9H2,1-2H3. The highest BCUT2D eigenvalue weighted by Crippen LogP contribution is 2.19. The predicted molar refractivity (Wildman–Crippen MR) is 80.4 cm³/mol. The van der Waals surface area contributed by atoms with Gasteiger partial charge in [-0.1, -0.05) is 6.07 Å². The summed E-state index contributed by atoms with van der Waals surface area (Å²) in [5, 5.41) is 21.6. The first-order valence-corrected chi connectivity index (χ1v) is 6.83. The third-order valence-corrected chi connectivity index (χ3v) is 3.26. The Labute approximate surface area is 128 Å². The molecule has 1 heterocycles. The van der Waals surface area contributed by atoms with Crippen LogP contribution in [0.5, 0.6) is 0 Å². The van der Waals surface area contributed by atoms with Crippen LogP contribution in [0.2, 0.25) is 0 Å². The lowest BCUT2D eigenvalue weighted by atomic mass is 10.1. The first kappa shape index (κ1) is 16.1. The molecule has 0 bridgehead atoms. The number of methoxy groups -OCH3 is 1. The van der Waals surface area contributed by atoms with E-state index in [0.29, 0.717) is 34.8 Å². The summed E-state index contributed by atoms with van der Waals surface area (Å²) in [6, 6.07) is 6.95. The third kappa shape index (κ3) is 3.66. The van der Waals surface area contributed by atoms with Gasteiger partial charge in [0.15, 0.2) is 0 Å². The molecule has 2 aromatic rings. The molecule has 0 radical (unpaired) electrons. The van der Waals surface area contributed by atoms with E-state index >= 15 is 0 Å². The Balaban J connectivity index is 2.11. The number of hydrogen-bond acceptors (Lipinski definition) is 6. The van der Waals surface area contributed by atoms with Gasteiger partial charge in [-0.25, -0.2) is 4.79 Å². The van der Waals surface area contributed by atoms with Crippen molar-refractivity contribution in [3.05, 3.63) is 52.5 Å². The van der Waals surface area contributed by atoms with Gasteiger partial charge in [-0.15, -0.1) is 0 Å². The van der Waals surface area contributed by atoms with Gasteiger partial charge >= 0.3 is 5.97 Å². The molecule has 1 aromatic carbocycles. The average molecular weight is 305 g/mol. The maximum absolute atomic E-state index is 11.5. The molecular formula is C16H19NO5. The quantitative estimate of drug-likeness (QED) is 0.707. The number of aliphatic hydroxyl groups excluding tert-OH is 2. The van der Waals surface area contributed by atoms with E-state index in [4.69, 9.17) is 4.42 Å². The molecule has 3 N–H and O–H groups in total.